The number of H-pyrrole nitrogens is 1. The summed E-state index contributed by atoms with van der Waals surface area (Å²) >= 11 is 0. The number of nitriles is 1. The predicted molar refractivity (Wildman–Crippen MR) is 112 cm³/mol. The molecule has 0 atom stereocenters. The van der Waals surface area contributed by atoms with Crippen molar-refractivity contribution < 1.29 is 9.90 Å². The standard InChI is InChI=1S/C23H18N4O2/c1-14-11-16(15(2)27(14)21-10-6-3-7-18(21)23(28)29)12-17(13-24)22-25-19-8-4-5-9-20(19)26-22/h3-12H,1-2H3,(H,25,26)(H,28,29)/b17-12-. The van der Waals surface area contributed by atoms with Crippen molar-refractivity contribution in [3.63, 3.8) is 0 Å². The average molecular weight is 382 g/mol. The summed E-state index contributed by atoms with van der Waals surface area (Å²) < 4.78 is 1.89. The number of imidazole rings is 1. The van der Waals surface area contributed by atoms with Gasteiger partial charge >= 0.3 is 5.97 Å². The SMILES string of the molecule is Cc1cc(/C=C(/C#N)c2nc3ccccc3[nH]2)c(C)n1-c1ccccc1C(=O)O. The Morgan fingerprint density at radius 3 is 2.62 bits per heavy atom. The van der Waals surface area contributed by atoms with Crippen molar-refractivity contribution in [3.05, 3.63) is 82.9 Å². The number of hydrogen-bond donors (Lipinski definition) is 2. The van der Waals surface area contributed by atoms with Crippen LogP contribution in [-0.2, 0) is 0 Å². The summed E-state index contributed by atoms with van der Waals surface area (Å²) in [5, 5.41) is 19.2. The maximum absolute atomic E-state index is 11.6. The Kier molecular flexibility index (Phi) is 4.49. The lowest BCUT2D eigenvalue weighted by Gasteiger charge is -2.12. The van der Waals surface area contributed by atoms with Crippen molar-refractivity contribution in [2.75, 3.05) is 0 Å². The Balaban J connectivity index is 1.84. The van der Waals surface area contributed by atoms with Crippen LogP contribution in [0.25, 0.3) is 28.4 Å². The number of allylic oxidation sites excluding steroid dienone is 1. The first-order chi connectivity index (χ1) is 14.0. The molecule has 0 saturated heterocycles. The van der Waals surface area contributed by atoms with Crippen LogP contribution in [-0.4, -0.2) is 25.6 Å². The number of aromatic nitrogens is 3. The highest BCUT2D eigenvalue weighted by Crippen LogP contribution is 2.27. The number of benzene rings is 2. The summed E-state index contributed by atoms with van der Waals surface area (Å²) in [6, 6.07) is 18.6. The Morgan fingerprint density at radius 2 is 1.90 bits per heavy atom. The fraction of sp³-hybridized carbons (Fsp3) is 0.0870. The fourth-order valence-corrected chi connectivity index (χ4v) is 3.54. The van der Waals surface area contributed by atoms with E-state index in [9.17, 15) is 15.2 Å². The Morgan fingerprint density at radius 1 is 1.17 bits per heavy atom. The summed E-state index contributed by atoms with van der Waals surface area (Å²) in [5.74, 6) is -0.477. The van der Waals surface area contributed by atoms with Crippen LogP contribution in [0.4, 0.5) is 0 Å². The molecule has 29 heavy (non-hydrogen) atoms. The lowest BCUT2D eigenvalue weighted by molar-refractivity contribution is 0.0697. The van der Waals surface area contributed by atoms with Crippen molar-refractivity contribution in [1.29, 1.82) is 5.26 Å². The van der Waals surface area contributed by atoms with Gasteiger partial charge in [-0.05, 0) is 55.8 Å². The van der Waals surface area contributed by atoms with Gasteiger partial charge in [0.05, 0.1) is 27.9 Å². The molecule has 0 aliphatic carbocycles. The Labute approximate surface area is 167 Å². The number of rotatable bonds is 4. The number of carboxylic acid groups (broad SMARTS) is 1. The molecule has 0 saturated carbocycles. The average Bonchev–Trinajstić information content (AvgIpc) is 3.26. The number of nitrogens with one attached hydrogen (secondary N) is 1. The smallest absolute Gasteiger partial charge is 0.337 e. The molecule has 2 aromatic heterocycles. The number of carboxylic acids is 1. The Bertz CT molecular complexity index is 1290. The molecule has 0 radical (unpaired) electrons. The Hall–Kier alpha value is -4.11. The second kappa shape index (κ2) is 7.13. The van der Waals surface area contributed by atoms with E-state index >= 15 is 0 Å². The van der Waals surface area contributed by atoms with Gasteiger partial charge in [0.25, 0.3) is 0 Å². The molecule has 0 aliphatic heterocycles. The summed E-state index contributed by atoms with van der Waals surface area (Å²) in [4.78, 5) is 19.3. The molecule has 0 spiro atoms. The summed E-state index contributed by atoms with van der Waals surface area (Å²) in [7, 11) is 0. The molecule has 2 aromatic carbocycles. The zero-order valence-corrected chi connectivity index (χ0v) is 16.0. The maximum Gasteiger partial charge on any atom is 0.337 e. The monoisotopic (exact) mass is 382 g/mol. The topological polar surface area (TPSA) is 94.7 Å². The molecule has 0 amide bonds. The van der Waals surface area contributed by atoms with E-state index in [1.807, 2.05) is 54.8 Å². The number of para-hydroxylation sites is 3. The first-order valence-corrected chi connectivity index (χ1v) is 9.08. The molecular formula is C23H18N4O2. The van der Waals surface area contributed by atoms with Crippen LogP contribution in [0.2, 0.25) is 0 Å². The third-order valence-electron chi connectivity index (χ3n) is 4.91. The molecule has 0 unspecified atom stereocenters. The van der Waals surface area contributed by atoms with E-state index in [1.165, 1.54) is 0 Å². The molecule has 0 aliphatic rings. The minimum atomic E-state index is -0.981. The van der Waals surface area contributed by atoms with E-state index in [4.69, 9.17) is 0 Å². The first kappa shape index (κ1) is 18.3. The molecule has 6 heteroatoms. The highest BCUT2D eigenvalue weighted by molar-refractivity contribution is 5.93. The highest BCUT2D eigenvalue weighted by atomic mass is 16.4. The second-order valence-electron chi connectivity index (χ2n) is 6.76. The van der Waals surface area contributed by atoms with Crippen LogP contribution in [0.3, 0.4) is 0 Å². The zero-order chi connectivity index (χ0) is 20.5. The van der Waals surface area contributed by atoms with Crippen molar-refractivity contribution in [2.24, 2.45) is 0 Å². The van der Waals surface area contributed by atoms with Gasteiger partial charge in [0.2, 0.25) is 0 Å². The number of nitrogens with zero attached hydrogens (tertiary/aromatic N) is 3. The lowest BCUT2D eigenvalue weighted by atomic mass is 10.1. The van der Waals surface area contributed by atoms with Gasteiger partial charge in [0.15, 0.2) is 0 Å². The molecule has 4 rings (SSSR count). The molecular weight excluding hydrogens is 364 g/mol. The van der Waals surface area contributed by atoms with Gasteiger partial charge in [-0.2, -0.15) is 5.26 Å². The van der Waals surface area contributed by atoms with Crippen LogP contribution < -0.4 is 0 Å². The normalized spacial score (nSPS) is 11.6. The van der Waals surface area contributed by atoms with Crippen LogP contribution in [0.1, 0.15) is 33.1 Å². The van der Waals surface area contributed by atoms with Gasteiger partial charge in [-0.25, -0.2) is 9.78 Å². The van der Waals surface area contributed by atoms with E-state index in [2.05, 4.69) is 16.0 Å². The minimum absolute atomic E-state index is 0.225. The van der Waals surface area contributed by atoms with Gasteiger partial charge < -0.3 is 14.7 Å². The predicted octanol–water partition coefficient (Wildman–Crippen LogP) is 4.73. The fourth-order valence-electron chi connectivity index (χ4n) is 3.54. The minimum Gasteiger partial charge on any atom is -0.478 e. The van der Waals surface area contributed by atoms with Crippen LogP contribution in [0.15, 0.2) is 54.6 Å². The summed E-state index contributed by atoms with van der Waals surface area (Å²) in [6.07, 6.45) is 1.78. The van der Waals surface area contributed by atoms with Gasteiger partial charge in [-0.3, -0.25) is 0 Å². The van der Waals surface area contributed by atoms with E-state index in [0.29, 0.717) is 17.1 Å². The van der Waals surface area contributed by atoms with Crippen molar-refractivity contribution in [2.45, 2.75) is 13.8 Å². The molecule has 2 N–H and O–H groups in total. The lowest BCUT2D eigenvalue weighted by Crippen LogP contribution is -2.07. The van der Waals surface area contributed by atoms with E-state index in [-0.39, 0.29) is 5.56 Å². The van der Waals surface area contributed by atoms with Gasteiger partial charge in [0, 0.05) is 11.4 Å². The molecule has 2 heterocycles. The molecule has 142 valence electrons. The van der Waals surface area contributed by atoms with Gasteiger partial charge in [-0.15, -0.1) is 0 Å². The van der Waals surface area contributed by atoms with Crippen LogP contribution in [0, 0.1) is 25.2 Å². The van der Waals surface area contributed by atoms with Crippen LogP contribution >= 0.6 is 0 Å². The van der Waals surface area contributed by atoms with E-state index in [1.54, 1.807) is 24.3 Å². The first-order valence-electron chi connectivity index (χ1n) is 9.08. The maximum atomic E-state index is 11.6. The molecule has 0 bridgehead atoms. The van der Waals surface area contributed by atoms with Crippen molar-refractivity contribution in [1.82, 2.24) is 14.5 Å². The molecule has 6 nitrogen and oxygen atoms in total. The number of fused-ring (bicyclic) bond motifs is 1. The quantitative estimate of drug-likeness (QED) is 0.499. The zero-order valence-electron chi connectivity index (χ0n) is 16.0. The number of aromatic carboxylic acids is 1. The third-order valence-corrected chi connectivity index (χ3v) is 4.91. The third kappa shape index (κ3) is 3.19. The van der Waals surface area contributed by atoms with Gasteiger partial charge in [0.1, 0.15) is 11.9 Å². The number of hydrogen-bond acceptors (Lipinski definition) is 3. The summed E-state index contributed by atoms with van der Waals surface area (Å²) in [5.41, 5.74) is 5.45. The number of aryl methyl sites for hydroxylation is 1. The summed E-state index contributed by atoms with van der Waals surface area (Å²) in [6.45, 7) is 3.82. The van der Waals surface area contributed by atoms with E-state index in [0.717, 1.165) is 28.0 Å². The van der Waals surface area contributed by atoms with Crippen molar-refractivity contribution >= 4 is 28.7 Å². The second-order valence-corrected chi connectivity index (χ2v) is 6.76. The number of aromatic amines is 1. The van der Waals surface area contributed by atoms with Crippen LogP contribution in [0.5, 0.6) is 0 Å². The van der Waals surface area contributed by atoms with Crippen molar-refractivity contribution in [3.8, 4) is 11.8 Å². The molecule has 4 aromatic rings. The highest BCUT2D eigenvalue weighted by Gasteiger charge is 2.17. The number of carbonyl (C=O) groups is 1. The largest absolute Gasteiger partial charge is 0.478 e. The van der Waals surface area contributed by atoms with Gasteiger partial charge in [-0.1, -0.05) is 24.3 Å². The molecule has 0 fully saturated rings. The van der Waals surface area contributed by atoms with E-state index < -0.39 is 5.97 Å².